The molecule has 1 saturated carbocycles. The van der Waals surface area contributed by atoms with Gasteiger partial charge in [-0.15, -0.1) is 0 Å². The van der Waals surface area contributed by atoms with E-state index in [0.717, 1.165) is 31.7 Å². The number of pyridine rings is 1. The number of hydrogen-bond acceptors (Lipinski definition) is 3. The molecule has 0 aliphatic heterocycles. The number of carbonyl (C=O) groups is 1. The summed E-state index contributed by atoms with van der Waals surface area (Å²) in [5.41, 5.74) is -3.32. The maximum absolute atomic E-state index is 12.6. The van der Waals surface area contributed by atoms with Crippen LogP contribution < -0.4 is 10.9 Å². The van der Waals surface area contributed by atoms with Crippen LogP contribution in [0.25, 0.3) is 0 Å². The lowest BCUT2D eigenvalue weighted by Gasteiger charge is -2.38. The van der Waals surface area contributed by atoms with E-state index in [-0.39, 0.29) is 12.2 Å². The summed E-state index contributed by atoms with van der Waals surface area (Å²) in [5, 5.41) is 2.65. The minimum absolute atomic E-state index is 0.205. The average Bonchev–Trinajstić information content (AvgIpc) is 2.53. The van der Waals surface area contributed by atoms with Crippen molar-refractivity contribution < 1.29 is 22.7 Å². The van der Waals surface area contributed by atoms with Crippen molar-refractivity contribution in [1.29, 1.82) is 0 Å². The number of methoxy groups -OCH3 is 1. The maximum atomic E-state index is 12.6. The molecule has 0 atom stereocenters. The third-order valence-electron chi connectivity index (χ3n) is 4.65. The second-order valence-corrected chi connectivity index (χ2v) is 6.36. The van der Waals surface area contributed by atoms with Gasteiger partial charge in [-0.2, -0.15) is 13.2 Å². The standard InChI is InChI=1S/C16H21F3N2O3/c1-10-5-7-15(24-2,8-6-10)9-20-14(23)12-4-3-11(13(22)21-12)16(17,18)19/h3-4,10H,5-9H2,1-2H3,(H,20,23)(H,21,22). The van der Waals surface area contributed by atoms with Gasteiger partial charge < -0.3 is 15.0 Å². The van der Waals surface area contributed by atoms with Crippen molar-refractivity contribution in [2.24, 2.45) is 5.92 Å². The van der Waals surface area contributed by atoms with Gasteiger partial charge >= 0.3 is 6.18 Å². The van der Waals surface area contributed by atoms with Crippen molar-refractivity contribution in [1.82, 2.24) is 10.3 Å². The van der Waals surface area contributed by atoms with Crippen LogP contribution in [-0.4, -0.2) is 30.1 Å². The molecule has 0 radical (unpaired) electrons. The third kappa shape index (κ3) is 4.17. The van der Waals surface area contributed by atoms with E-state index in [9.17, 15) is 22.8 Å². The topological polar surface area (TPSA) is 71.2 Å². The molecule has 0 bridgehead atoms. The second-order valence-electron chi connectivity index (χ2n) is 6.36. The molecule has 0 aromatic carbocycles. The molecule has 134 valence electrons. The van der Waals surface area contributed by atoms with Crippen molar-refractivity contribution in [2.45, 2.75) is 44.4 Å². The predicted molar refractivity (Wildman–Crippen MR) is 81.8 cm³/mol. The quantitative estimate of drug-likeness (QED) is 0.881. The number of alkyl halides is 3. The number of amides is 1. The summed E-state index contributed by atoms with van der Waals surface area (Å²) in [6, 6.07) is 1.57. The van der Waals surface area contributed by atoms with Gasteiger partial charge in [0.15, 0.2) is 0 Å². The molecule has 2 N–H and O–H groups in total. The summed E-state index contributed by atoms with van der Waals surface area (Å²) in [5.74, 6) is -0.0221. The summed E-state index contributed by atoms with van der Waals surface area (Å²) in [7, 11) is 1.59. The van der Waals surface area contributed by atoms with Gasteiger partial charge in [-0.1, -0.05) is 6.92 Å². The molecule has 24 heavy (non-hydrogen) atoms. The number of hydrogen-bond donors (Lipinski definition) is 2. The first-order chi connectivity index (χ1) is 11.2. The van der Waals surface area contributed by atoms with Crippen LogP contribution in [0.15, 0.2) is 16.9 Å². The number of H-pyrrole nitrogens is 1. The van der Waals surface area contributed by atoms with Crippen molar-refractivity contribution in [3.63, 3.8) is 0 Å². The van der Waals surface area contributed by atoms with Crippen molar-refractivity contribution >= 4 is 5.91 Å². The largest absolute Gasteiger partial charge is 0.421 e. The van der Waals surface area contributed by atoms with E-state index in [0.29, 0.717) is 12.0 Å². The SMILES string of the molecule is COC1(CNC(=O)c2ccc(C(F)(F)F)c(=O)[nH]2)CCC(C)CC1. The zero-order valence-corrected chi connectivity index (χ0v) is 13.6. The van der Waals surface area contributed by atoms with Crippen LogP contribution in [-0.2, 0) is 10.9 Å². The molecule has 1 amide bonds. The number of rotatable bonds is 4. The summed E-state index contributed by atoms with van der Waals surface area (Å²) in [4.78, 5) is 25.6. The van der Waals surface area contributed by atoms with Gasteiger partial charge in [0.05, 0.1) is 5.60 Å². The van der Waals surface area contributed by atoms with Crippen molar-refractivity contribution in [2.75, 3.05) is 13.7 Å². The Morgan fingerprint density at radius 1 is 1.38 bits per heavy atom. The third-order valence-corrected chi connectivity index (χ3v) is 4.65. The fourth-order valence-electron chi connectivity index (χ4n) is 2.91. The molecule has 1 fully saturated rings. The Morgan fingerprint density at radius 3 is 2.50 bits per heavy atom. The van der Waals surface area contributed by atoms with E-state index in [2.05, 4.69) is 12.2 Å². The molecule has 5 nitrogen and oxygen atoms in total. The Bertz CT molecular complexity index is 647. The van der Waals surface area contributed by atoms with Gasteiger partial charge in [0.2, 0.25) is 0 Å². The average molecular weight is 346 g/mol. The molecule has 0 saturated heterocycles. The smallest absolute Gasteiger partial charge is 0.376 e. The molecule has 1 heterocycles. The number of aromatic nitrogens is 1. The summed E-state index contributed by atoms with van der Waals surface area (Å²) >= 11 is 0. The van der Waals surface area contributed by atoms with Crippen LogP contribution in [0, 0.1) is 5.92 Å². The van der Waals surface area contributed by atoms with E-state index in [1.807, 2.05) is 4.98 Å². The first kappa shape index (κ1) is 18.5. The fourth-order valence-corrected chi connectivity index (χ4v) is 2.91. The molecule has 1 aromatic heterocycles. The molecule has 1 aromatic rings. The van der Waals surface area contributed by atoms with Gasteiger partial charge in [-0.3, -0.25) is 9.59 Å². The normalized spacial score (nSPS) is 24.6. The van der Waals surface area contributed by atoms with Crippen LogP contribution in [0.5, 0.6) is 0 Å². The van der Waals surface area contributed by atoms with Crippen LogP contribution in [0.4, 0.5) is 13.2 Å². The zero-order chi connectivity index (χ0) is 18.0. The molecule has 1 aliphatic rings. The maximum Gasteiger partial charge on any atom is 0.421 e. The minimum Gasteiger partial charge on any atom is -0.376 e. The number of aromatic amines is 1. The summed E-state index contributed by atoms with van der Waals surface area (Å²) < 4.78 is 43.3. The highest BCUT2D eigenvalue weighted by molar-refractivity contribution is 5.92. The lowest BCUT2D eigenvalue weighted by atomic mass is 9.79. The molecule has 1 aliphatic carbocycles. The van der Waals surface area contributed by atoms with Crippen LogP contribution in [0.3, 0.4) is 0 Å². The first-order valence-electron chi connectivity index (χ1n) is 7.81. The number of nitrogens with one attached hydrogen (secondary N) is 2. The van der Waals surface area contributed by atoms with E-state index < -0.39 is 28.8 Å². The van der Waals surface area contributed by atoms with Crippen LogP contribution in [0.1, 0.15) is 48.7 Å². The van der Waals surface area contributed by atoms with E-state index in [1.165, 1.54) is 0 Å². The highest BCUT2D eigenvalue weighted by Crippen LogP contribution is 2.33. The lowest BCUT2D eigenvalue weighted by molar-refractivity contribution is -0.138. The second kappa shape index (κ2) is 6.96. The van der Waals surface area contributed by atoms with E-state index in [1.54, 1.807) is 7.11 Å². The Kier molecular flexibility index (Phi) is 5.37. The highest BCUT2D eigenvalue weighted by Gasteiger charge is 2.35. The fraction of sp³-hybridized carbons (Fsp3) is 0.625. The van der Waals surface area contributed by atoms with Gasteiger partial charge in [-0.05, 0) is 43.7 Å². The molecule has 0 spiro atoms. The molecular formula is C16H21F3N2O3. The van der Waals surface area contributed by atoms with Crippen LogP contribution in [0.2, 0.25) is 0 Å². The predicted octanol–water partition coefficient (Wildman–Crippen LogP) is 2.72. The van der Waals surface area contributed by atoms with Gasteiger partial charge in [0.25, 0.3) is 11.5 Å². The Hall–Kier alpha value is -1.83. The van der Waals surface area contributed by atoms with Crippen LogP contribution >= 0.6 is 0 Å². The monoisotopic (exact) mass is 346 g/mol. The van der Waals surface area contributed by atoms with Gasteiger partial charge in [-0.25, -0.2) is 0 Å². The van der Waals surface area contributed by atoms with E-state index >= 15 is 0 Å². The first-order valence-corrected chi connectivity index (χ1v) is 7.81. The molecule has 2 rings (SSSR count). The highest BCUT2D eigenvalue weighted by atomic mass is 19.4. The number of ether oxygens (including phenoxy) is 1. The van der Waals surface area contributed by atoms with Gasteiger partial charge in [0.1, 0.15) is 11.3 Å². The summed E-state index contributed by atoms with van der Waals surface area (Å²) in [6.07, 6.45) is -1.17. The van der Waals surface area contributed by atoms with Crippen molar-refractivity contribution in [3.05, 3.63) is 33.7 Å². The number of halogens is 3. The minimum atomic E-state index is -4.75. The Balaban J connectivity index is 2.05. The number of carbonyl (C=O) groups excluding carboxylic acids is 1. The zero-order valence-electron chi connectivity index (χ0n) is 13.6. The van der Waals surface area contributed by atoms with Gasteiger partial charge in [0, 0.05) is 13.7 Å². The van der Waals surface area contributed by atoms with E-state index in [4.69, 9.17) is 4.74 Å². The summed E-state index contributed by atoms with van der Waals surface area (Å²) in [6.45, 7) is 2.41. The Labute approximate surface area is 137 Å². The lowest BCUT2D eigenvalue weighted by Crippen LogP contribution is -2.47. The van der Waals surface area contributed by atoms with Crippen molar-refractivity contribution in [3.8, 4) is 0 Å². The molecular weight excluding hydrogens is 325 g/mol. The Morgan fingerprint density at radius 2 is 2.00 bits per heavy atom. The molecule has 0 unspecified atom stereocenters. The molecule has 8 heteroatoms.